The van der Waals surface area contributed by atoms with E-state index >= 15 is 0 Å². The van der Waals surface area contributed by atoms with Gasteiger partial charge in [0.2, 0.25) is 0 Å². The third-order valence-electron chi connectivity index (χ3n) is 5.21. The minimum atomic E-state index is -0.443. The van der Waals surface area contributed by atoms with Gasteiger partial charge in [0.1, 0.15) is 6.04 Å². The highest BCUT2D eigenvalue weighted by Crippen LogP contribution is 2.41. The molecule has 2 unspecified atom stereocenters. The molecule has 6 nitrogen and oxygen atoms in total. The zero-order valence-corrected chi connectivity index (χ0v) is 17.4. The number of nitrogens with one attached hydrogen (secondary N) is 2. The molecule has 2 heterocycles. The molecule has 0 saturated heterocycles. The summed E-state index contributed by atoms with van der Waals surface area (Å²) >= 11 is 3.65. The molecule has 1 aromatic heterocycles. The first kappa shape index (κ1) is 18.8. The normalized spacial score (nSPS) is 18.6. The monoisotopic (exact) mass is 444 g/mol. The highest BCUT2D eigenvalue weighted by Gasteiger charge is 2.35. The fraction of sp³-hybridized carbons (Fsp3) is 0.286. The van der Waals surface area contributed by atoms with Crippen LogP contribution in [0, 0.1) is 0 Å². The van der Waals surface area contributed by atoms with Gasteiger partial charge in [-0.05, 0) is 29.3 Å². The lowest BCUT2D eigenvalue weighted by Gasteiger charge is -2.31. The van der Waals surface area contributed by atoms with Crippen LogP contribution in [0.1, 0.15) is 22.9 Å². The zero-order valence-electron chi connectivity index (χ0n) is 15.8. The summed E-state index contributed by atoms with van der Waals surface area (Å²) in [6.07, 6.45) is 0.563. The Bertz CT molecular complexity index is 1050. The molecule has 0 fully saturated rings. The minimum absolute atomic E-state index is 0.241. The number of aromatic nitrogens is 1. The molecule has 7 heteroatoms. The van der Waals surface area contributed by atoms with E-state index in [9.17, 15) is 4.79 Å². The number of para-hydroxylation sites is 1. The first-order chi connectivity index (χ1) is 13.6. The van der Waals surface area contributed by atoms with Crippen LogP contribution in [0.3, 0.4) is 0 Å². The van der Waals surface area contributed by atoms with Crippen molar-refractivity contribution in [2.75, 3.05) is 21.3 Å². The molecule has 28 heavy (non-hydrogen) atoms. The van der Waals surface area contributed by atoms with Crippen LogP contribution in [0.5, 0.6) is 11.5 Å². The van der Waals surface area contributed by atoms with E-state index in [-0.39, 0.29) is 12.0 Å². The fourth-order valence-electron chi connectivity index (χ4n) is 3.86. The molecule has 0 radical (unpaired) electrons. The lowest BCUT2D eigenvalue weighted by molar-refractivity contribution is -0.143. The van der Waals surface area contributed by atoms with E-state index in [4.69, 9.17) is 14.2 Å². The van der Waals surface area contributed by atoms with Gasteiger partial charge in [0.25, 0.3) is 0 Å². The van der Waals surface area contributed by atoms with Crippen LogP contribution in [0.4, 0.5) is 0 Å². The Kier molecular flexibility index (Phi) is 5.03. The number of ether oxygens (including phenoxy) is 3. The van der Waals surface area contributed by atoms with Gasteiger partial charge in [-0.3, -0.25) is 10.1 Å². The molecule has 146 valence electrons. The molecule has 0 spiro atoms. The van der Waals surface area contributed by atoms with Crippen molar-refractivity contribution in [3.8, 4) is 11.5 Å². The van der Waals surface area contributed by atoms with Gasteiger partial charge in [-0.2, -0.15) is 0 Å². The molecule has 0 bridgehead atoms. The maximum atomic E-state index is 12.4. The summed E-state index contributed by atoms with van der Waals surface area (Å²) in [5.74, 6) is 0.980. The average molecular weight is 445 g/mol. The maximum Gasteiger partial charge on any atom is 0.323 e. The lowest BCUT2D eigenvalue weighted by Crippen LogP contribution is -2.45. The first-order valence-corrected chi connectivity index (χ1v) is 9.71. The van der Waals surface area contributed by atoms with Crippen molar-refractivity contribution in [3.63, 3.8) is 0 Å². The van der Waals surface area contributed by atoms with Crippen molar-refractivity contribution in [1.29, 1.82) is 0 Å². The molecule has 1 aliphatic heterocycles. The molecule has 0 saturated carbocycles. The molecule has 4 rings (SSSR count). The second-order valence-corrected chi connectivity index (χ2v) is 7.53. The number of methoxy groups -OCH3 is 3. The summed E-state index contributed by atoms with van der Waals surface area (Å²) in [6, 6.07) is 11.2. The van der Waals surface area contributed by atoms with Gasteiger partial charge in [-0.1, -0.05) is 34.1 Å². The number of aromatic amines is 1. The first-order valence-electron chi connectivity index (χ1n) is 8.92. The van der Waals surface area contributed by atoms with E-state index in [2.05, 4.69) is 32.3 Å². The number of rotatable bonds is 4. The summed E-state index contributed by atoms with van der Waals surface area (Å²) in [5.41, 5.74) is 4.14. The number of carbonyl (C=O) groups excluding carboxylic acids is 1. The van der Waals surface area contributed by atoms with Gasteiger partial charge >= 0.3 is 5.97 Å². The number of hydrogen-bond acceptors (Lipinski definition) is 5. The fourth-order valence-corrected chi connectivity index (χ4v) is 4.42. The predicted molar refractivity (Wildman–Crippen MR) is 110 cm³/mol. The van der Waals surface area contributed by atoms with Crippen molar-refractivity contribution in [3.05, 3.63) is 57.7 Å². The standard InChI is InChI=1S/C21H21BrN2O4/c1-26-17-9-13(14(22)10-18(17)27-2)20-19-12(8-16(24-20)21(25)28-3)11-6-4-5-7-15(11)23-19/h4-7,9-10,16,20,23-24H,8H2,1-3H3. The van der Waals surface area contributed by atoms with Gasteiger partial charge in [-0.25, -0.2) is 0 Å². The highest BCUT2D eigenvalue weighted by atomic mass is 79.9. The Morgan fingerprint density at radius 1 is 1.11 bits per heavy atom. The predicted octanol–water partition coefficient (Wildman–Crippen LogP) is 3.72. The van der Waals surface area contributed by atoms with Gasteiger partial charge in [-0.15, -0.1) is 0 Å². The number of halogens is 1. The van der Waals surface area contributed by atoms with E-state index < -0.39 is 6.04 Å². The largest absolute Gasteiger partial charge is 0.493 e. The quantitative estimate of drug-likeness (QED) is 0.599. The third-order valence-corrected chi connectivity index (χ3v) is 5.90. The highest BCUT2D eigenvalue weighted by molar-refractivity contribution is 9.10. The van der Waals surface area contributed by atoms with Crippen molar-refractivity contribution < 1.29 is 19.0 Å². The second kappa shape index (κ2) is 7.48. The molecule has 0 amide bonds. The smallest absolute Gasteiger partial charge is 0.323 e. The van der Waals surface area contributed by atoms with Crippen LogP contribution in [0.2, 0.25) is 0 Å². The summed E-state index contributed by atoms with van der Waals surface area (Å²) < 4.78 is 16.8. The van der Waals surface area contributed by atoms with Gasteiger partial charge in [0.15, 0.2) is 11.5 Å². The van der Waals surface area contributed by atoms with Crippen molar-refractivity contribution in [2.24, 2.45) is 0 Å². The third kappa shape index (κ3) is 3.04. The van der Waals surface area contributed by atoms with Crippen LogP contribution in [0.25, 0.3) is 10.9 Å². The lowest BCUT2D eigenvalue weighted by atomic mass is 9.90. The molecule has 3 aromatic rings. The van der Waals surface area contributed by atoms with Crippen molar-refractivity contribution >= 4 is 32.8 Å². The zero-order chi connectivity index (χ0) is 19.8. The van der Waals surface area contributed by atoms with Gasteiger partial charge in [0.05, 0.1) is 27.4 Å². The Hall–Kier alpha value is -2.51. The molecule has 1 aliphatic rings. The minimum Gasteiger partial charge on any atom is -0.493 e. The summed E-state index contributed by atoms with van der Waals surface area (Å²) in [5, 5.41) is 4.55. The Morgan fingerprint density at radius 3 is 2.54 bits per heavy atom. The van der Waals surface area contributed by atoms with Crippen LogP contribution in [-0.2, 0) is 16.0 Å². The number of H-pyrrole nitrogens is 1. The van der Waals surface area contributed by atoms with Crippen LogP contribution >= 0.6 is 15.9 Å². The number of esters is 1. The van der Waals surface area contributed by atoms with Gasteiger partial charge in [0, 0.05) is 27.5 Å². The SMILES string of the molecule is COC(=O)C1Cc2c([nH]c3ccccc23)C(c2cc(OC)c(OC)cc2Br)N1. The van der Waals surface area contributed by atoms with Crippen LogP contribution < -0.4 is 14.8 Å². The average Bonchev–Trinajstić information content (AvgIpc) is 3.11. The molecule has 2 aromatic carbocycles. The van der Waals surface area contributed by atoms with E-state index in [0.29, 0.717) is 17.9 Å². The molecular formula is C21H21BrN2O4. The van der Waals surface area contributed by atoms with Crippen molar-refractivity contribution in [1.82, 2.24) is 10.3 Å². The second-order valence-electron chi connectivity index (χ2n) is 6.67. The van der Waals surface area contributed by atoms with Gasteiger partial charge < -0.3 is 19.2 Å². The molecular weight excluding hydrogens is 424 g/mol. The summed E-state index contributed by atoms with van der Waals surface area (Å²) in [4.78, 5) is 15.9. The number of fused-ring (bicyclic) bond motifs is 3. The number of carbonyl (C=O) groups is 1. The maximum absolute atomic E-state index is 12.4. The van der Waals surface area contributed by atoms with E-state index in [0.717, 1.165) is 32.2 Å². The summed E-state index contributed by atoms with van der Waals surface area (Å²) in [6.45, 7) is 0. The summed E-state index contributed by atoms with van der Waals surface area (Å²) in [7, 11) is 4.62. The molecule has 0 aliphatic carbocycles. The van der Waals surface area contributed by atoms with E-state index in [1.807, 2.05) is 30.3 Å². The topological polar surface area (TPSA) is 72.6 Å². The van der Waals surface area contributed by atoms with Crippen LogP contribution in [0.15, 0.2) is 40.9 Å². The van der Waals surface area contributed by atoms with E-state index in [1.165, 1.54) is 7.11 Å². The Morgan fingerprint density at radius 2 is 1.82 bits per heavy atom. The Balaban J connectivity index is 1.90. The van der Waals surface area contributed by atoms with E-state index in [1.54, 1.807) is 14.2 Å². The van der Waals surface area contributed by atoms with Crippen LogP contribution in [-0.4, -0.2) is 38.3 Å². The van der Waals surface area contributed by atoms with Crippen molar-refractivity contribution in [2.45, 2.75) is 18.5 Å². The Labute approximate surface area is 171 Å². The number of hydrogen-bond donors (Lipinski definition) is 2. The molecule has 2 atom stereocenters. The number of benzene rings is 2. The molecule has 2 N–H and O–H groups in total.